The second-order valence-corrected chi connectivity index (χ2v) is 1.68. The molecule has 0 amide bonds. The summed E-state index contributed by atoms with van der Waals surface area (Å²) in [6, 6.07) is 0. The highest BCUT2D eigenvalue weighted by molar-refractivity contribution is 8.13. The van der Waals surface area contributed by atoms with Gasteiger partial charge >= 0.3 is 0 Å². The molecule has 0 bridgehead atoms. The molecule has 0 atom stereocenters. The van der Waals surface area contributed by atoms with Crippen molar-refractivity contribution < 1.29 is 10.3 Å². The molecular formula is C2H4O2S2. The highest BCUT2D eigenvalue weighted by Crippen LogP contribution is 1.71. The lowest BCUT2D eigenvalue weighted by Gasteiger charge is -1.61. The van der Waals surface area contributed by atoms with E-state index in [0.717, 1.165) is 0 Å². The molecule has 0 unspecified atom stereocenters. The van der Waals surface area contributed by atoms with Gasteiger partial charge in [-0.15, -0.1) is 12.6 Å². The van der Waals surface area contributed by atoms with Crippen molar-refractivity contribution in [3.63, 3.8) is 0 Å². The van der Waals surface area contributed by atoms with Crippen molar-refractivity contribution in [3.8, 4) is 0 Å². The third-order valence-electron chi connectivity index (χ3n) is 0.101. The van der Waals surface area contributed by atoms with Crippen LogP contribution in [0.4, 0.5) is 0 Å². The van der Waals surface area contributed by atoms with Crippen molar-refractivity contribution in [2.24, 2.45) is 0 Å². The van der Waals surface area contributed by atoms with Gasteiger partial charge in [-0.2, -0.15) is 0 Å². The average molecular weight is 124 g/mol. The third kappa shape index (κ3) is 8.95. The van der Waals surface area contributed by atoms with Crippen LogP contribution in [0.1, 0.15) is 0 Å². The first-order valence-electron chi connectivity index (χ1n) is 0.952. The molecule has 0 radical (unpaired) electrons. The summed E-state index contributed by atoms with van der Waals surface area (Å²) >= 11 is 7.65. The zero-order valence-electron chi connectivity index (χ0n) is 2.84. The Morgan fingerprint density at radius 3 is 2.00 bits per heavy atom. The molecular weight excluding hydrogens is 120 g/mol. The van der Waals surface area contributed by atoms with E-state index in [2.05, 4.69) is 24.8 Å². The molecule has 0 aromatic carbocycles. The monoisotopic (exact) mass is 124 g/mol. The van der Waals surface area contributed by atoms with Crippen LogP contribution in [0.15, 0.2) is 0 Å². The number of hydrogen-bond acceptors (Lipinski definition) is 2. The smallest absolute Gasteiger partial charge is 0.167 e. The van der Waals surface area contributed by atoms with E-state index in [4.69, 9.17) is 0 Å². The number of rotatable bonds is 1. The second kappa shape index (κ2) is 5.07. The zero-order valence-corrected chi connectivity index (χ0v) is 4.55. The van der Waals surface area contributed by atoms with Crippen molar-refractivity contribution in [1.82, 2.24) is 0 Å². The lowest BCUT2D eigenvalue weighted by Crippen LogP contribution is -1.76. The highest BCUT2D eigenvalue weighted by atomic mass is 32.1. The van der Waals surface area contributed by atoms with Crippen LogP contribution < -0.4 is 0 Å². The zero-order chi connectivity index (χ0) is 4.28. The van der Waals surface area contributed by atoms with Crippen LogP contribution in [0.3, 0.4) is 0 Å². The standard InChI is InChI=1S/C2H2OS2.H2O/c3-1-2(4)5;/h1H,(H,4,5);1H2. The van der Waals surface area contributed by atoms with Gasteiger partial charge in [0.05, 0.1) is 0 Å². The molecule has 2 nitrogen and oxygen atoms in total. The minimum Gasteiger partial charge on any atom is -0.412 e. The number of thiocarbonyl (C=S) groups is 1. The van der Waals surface area contributed by atoms with Crippen molar-refractivity contribution in [2.45, 2.75) is 0 Å². The van der Waals surface area contributed by atoms with Gasteiger partial charge < -0.3 is 5.48 Å². The number of hydrogen-bond donors (Lipinski definition) is 1. The first-order valence-corrected chi connectivity index (χ1v) is 1.81. The summed E-state index contributed by atoms with van der Waals surface area (Å²) in [5.41, 5.74) is 0. The number of carbonyl (C=O) groups is 1. The minimum absolute atomic E-state index is 0. The number of aldehydes is 1. The van der Waals surface area contributed by atoms with Crippen LogP contribution in [0.2, 0.25) is 0 Å². The topological polar surface area (TPSA) is 48.6 Å². The summed E-state index contributed by atoms with van der Waals surface area (Å²) in [6.07, 6.45) is 0.512. The van der Waals surface area contributed by atoms with Gasteiger partial charge in [-0.05, 0) is 0 Å². The van der Waals surface area contributed by atoms with Gasteiger partial charge in [0.15, 0.2) is 6.29 Å². The van der Waals surface area contributed by atoms with Gasteiger partial charge in [0.1, 0.15) is 4.20 Å². The van der Waals surface area contributed by atoms with Crippen molar-refractivity contribution >= 4 is 35.3 Å². The molecule has 0 aliphatic heterocycles. The molecule has 0 saturated heterocycles. The normalized spacial score (nSPS) is 5.50. The summed E-state index contributed by atoms with van der Waals surface area (Å²) < 4.78 is 0.102. The van der Waals surface area contributed by atoms with Crippen LogP contribution in [0.25, 0.3) is 0 Å². The molecule has 4 heteroatoms. The lowest BCUT2D eigenvalue weighted by atomic mass is 10.9. The maximum atomic E-state index is 9.29. The molecule has 0 rings (SSSR count). The van der Waals surface area contributed by atoms with Crippen LogP contribution in [0, 0.1) is 0 Å². The van der Waals surface area contributed by atoms with Crippen molar-refractivity contribution in [3.05, 3.63) is 0 Å². The Kier molecular flexibility index (Phi) is 7.96. The van der Waals surface area contributed by atoms with Gasteiger partial charge in [-0.3, -0.25) is 4.79 Å². The molecule has 0 aromatic rings. The Morgan fingerprint density at radius 2 is 2.00 bits per heavy atom. The summed E-state index contributed by atoms with van der Waals surface area (Å²) in [4.78, 5) is 9.29. The van der Waals surface area contributed by atoms with E-state index in [1.165, 1.54) is 0 Å². The highest BCUT2D eigenvalue weighted by Gasteiger charge is 1.71. The van der Waals surface area contributed by atoms with Gasteiger partial charge in [-0.1, -0.05) is 12.2 Å². The van der Waals surface area contributed by atoms with E-state index in [-0.39, 0.29) is 9.67 Å². The molecule has 0 aromatic heterocycles. The van der Waals surface area contributed by atoms with E-state index in [1.54, 1.807) is 0 Å². The molecule has 36 valence electrons. The fourth-order valence-electron chi connectivity index (χ4n) is 0. The molecule has 2 N–H and O–H groups in total. The van der Waals surface area contributed by atoms with E-state index < -0.39 is 0 Å². The molecule has 0 aliphatic rings. The molecule has 0 saturated carbocycles. The van der Waals surface area contributed by atoms with Crippen LogP contribution in [-0.2, 0) is 4.79 Å². The largest absolute Gasteiger partial charge is 0.412 e. The molecule has 0 aliphatic carbocycles. The Morgan fingerprint density at radius 1 is 1.83 bits per heavy atom. The average Bonchev–Trinajstić information content (AvgIpc) is 1.38. The van der Waals surface area contributed by atoms with E-state index in [0.29, 0.717) is 6.29 Å². The first-order chi connectivity index (χ1) is 2.27. The fourth-order valence-corrected chi connectivity index (χ4v) is 0. The van der Waals surface area contributed by atoms with Crippen LogP contribution in [-0.4, -0.2) is 16.0 Å². The van der Waals surface area contributed by atoms with Gasteiger partial charge in [-0.25, -0.2) is 0 Å². The van der Waals surface area contributed by atoms with Gasteiger partial charge in [0.25, 0.3) is 0 Å². The summed E-state index contributed by atoms with van der Waals surface area (Å²) in [7, 11) is 0. The summed E-state index contributed by atoms with van der Waals surface area (Å²) in [5.74, 6) is 0. The summed E-state index contributed by atoms with van der Waals surface area (Å²) in [5, 5.41) is 0. The number of thiol groups is 1. The Bertz CT molecular complexity index is 60.6. The van der Waals surface area contributed by atoms with Gasteiger partial charge in [0, 0.05) is 0 Å². The van der Waals surface area contributed by atoms with Crippen LogP contribution >= 0.6 is 24.8 Å². The fraction of sp³-hybridized carbons (Fsp3) is 0. The molecule has 0 spiro atoms. The molecule has 0 heterocycles. The van der Waals surface area contributed by atoms with Crippen molar-refractivity contribution in [2.75, 3.05) is 0 Å². The van der Waals surface area contributed by atoms with Gasteiger partial charge in [0.2, 0.25) is 0 Å². The number of carbonyl (C=O) groups excluding carboxylic acids is 1. The van der Waals surface area contributed by atoms with Crippen molar-refractivity contribution in [1.29, 1.82) is 0 Å². The SMILES string of the molecule is O.O=CC(=S)S. The molecule has 6 heavy (non-hydrogen) atoms. The summed E-state index contributed by atoms with van der Waals surface area (Å²) in [6.45, 7) is 0. The lowest BCUT2D eigenvalue weighted by molar-refractivity contribution is -0.102. The minimum atomic E-state index is 0. The maximum Gasteiger partial charge on any atom is 0.167 e. The predicted octanol–water partition coefficient (Wildman–Crippen LogP) is -0.382. The Balaban J connectivity index is 0. The van der Waals surface area contributed by atoms with E-state index in [1.807, 2.05) is 0 Å². The first kappa shape index (κ1) is 9.42. The molecule has 0 fully saturated rings. The maximum absolute atomic E-state index is 9.29. The predicted molar refractivity (Wildman–Crippen MR) is 31.3 cm³/mol. The second-order valence-electron chi connectivity index (χ2n) is 0.456. The Labute approximate surface area is 46.3 Å². The van der Waals surface area contributed by atoms with E-state index in [9.17, 15) is 4.79 Å². The van der Waals surface area contributed by atoms with Crippen LogP contribution in [0.5, 0.6) is 0 Å². The Hall–Kier alpha value is 0.0700. The third-order valence-corrected chi connectivity index (χ3v) is 0.302. The quantitative estimate of drug-likeness (QED) is 0.294. The van der Waals surface area contributed by atoms with E-state index >= 15 is 0 Å².